The second kappa shape index (κ2) is 9.88. The van der Waals surface area contributed by atoms with Crippen molar-refractivity contribution in [3.05, 3.63) is 46.3 Å². The molecule has 4 rings (SSSR count). The van der Waals surface area contributed by atoms with Crippen molar-refractivity contribution in [3.8, 4) is 28.5 Å². The third kappa shape index (κ3) is 4.81. The molecule has 0 radical (unpaired) electrons. The molecule has 0 saturated carbocycles. The molecular formula is C22H24BrN3O5S2. The highest BCUT2D eigenvalue weighted by molar-refractivity contribution is 9.10. The molecule has 1 saturated heterocycles. The van der Waals surface area contributed by atoms with E-state index in [1.54, 1.807) is 39.5 Å². The van der Waals surface area contributed by atoms with Gasteiger partial charge in [0.05, 0.1) is 31.9 Å². The van der Waals surface area contributed by atoms with Gasteiger partial charge in [-0.3, -0.25) is 0 Å². The van der Waals surface area contributed by atoms with Gasteiger partial charge < -0.3 is 19.1 Å². The van der Waals surface area contributed by atoms with Crippen LogP contribution in [0.25, 0.3) is 11.3 Å². The van der Waals surface area contributed by atoms with Crippen molar-refractivity contribution in [1.29, 1.82) is 0 Å². The van der Waals surface area contributed by atoms with E-state index in [4.69, 9.17) is 19.2 Å². The lowest BCUT2D eigenvalue weighted by atomic mass is 10.1. The number of aromatic nitrogens is 1. The van der Waals surface area contributed by atoms with Crippen LogP contribution < -0.4 is 19.1 Å². The second-order valence-electron chi connectivity index (χ2n) is 7.28. The van der Waals surface area contributed by atoms with Crippen LogP contribution in [-0.4, -0.2) is 65.2 Å². The summed E-state index contributed by atoms with van der Waals surface area (Å²) in [6.07, 6.45) is 0. The summed E-state index contributed by atoms with van der Waals surface area (Å²) in [5.74, 6) is 1.66. The van der Waals surface area contributed by atoms with Crippen molar-refractivity contribution in [1.82, 2.24) is 9.29 Å². The molecule has 0 N–H and O–H groups in total. The largest absolute Gasteiger partial charge is 0.493 e. The van der Waals surface area contributed by atoms with Gasteiger partial charge in [0.25, 0.3) is 0 Å². The zero-order valence-electron chi connectivity index (χ0n) is 18.4. The number of sulfonamides is 1. The average molecular weight is 554 g/mol. The Kier molecular flexibility index (Phi) is 7.13. The number of ether oxygens (including phenoxy) is 3. The van der Waals surface area contributed by atoms with E-state index in [9.17, 15) is 8.42 Å². The lowest BCUT2D eigenvalue weighted by Gasteiger charge is -2.33. The van der Waals surface area contributed by atoms with Gasteiger partial charge in [-0.2, -0.15) is 4.31 Å². The Morgan fingerprint density at radius 3 is 2.21 bits per heavy atom. The van der Waals surface area contributed by atoms with Gasteiger partial charge in [-0.1, -0.05) is 22.0 Å². The Labute approximate surface area is 205 Å². The van der Waals surface area contributed by atoms with E-state index in [1.165, 1.54) is 15.6 Å². The SMILES string of the molecule is COc1cc(-c2csc(N3CCN(S(=O)(=O)c4cccc(Br)c4)CC3)n2)cc(OC)c1OC. The summed E-state index contributed by atoms with van der Waals surface area (Å²) in [7, 11) is 1.19. The number of benzene rings is 2. The lowest BCUT2D eigenvalue weighted by molar-refractivity contribution is 0.324. The lowest BCUT2D eigenvalue weighted by Crippen LogP contribution is -2.48. The maximum Gasteiger partial charge on any atom is 0.243 e. The number of nitrogens with zero attached hydrogens (tertiary/aromatic N) is 3. The van der Waals surface area contributed by atoms with Gasteiger partial charge in [-0.15, -0.1) is 11.3 Å². The average Bonchev–Trinajstić information content (AvgIpc) is 3.33. The molecule has 0 spiro atoms. The molecule has 0 aliphatic carbocycles. The van der Waals surface area contributed by atoms with Crippen molar-refractivity contribution in [2.24, 2.45) is 0 Å². The summed E-state index contributed by atoms with van der Waals surface area (Å²) in [6, 6.07) is 10.5. The highest BCUT2D eigenvalue weighted by atomic mass is 79.9. The van der Waals surface area contributed by atoms with Crippen LogP contribution in [0.2, 0.25) is 0 Å². The fourth-order valence-electron chi connectivity index (χ4n) is 3.67. The summed E-state index contributed by atoms with van der Waals surface area (Å²) in [6.45, 7) is 1.92. The van der Waals surface area contributed by atoms with Crippen molar-refractivity contribution < 1.29 is 22.6 Å². The number of hydrogen-bond acceptors (Lipinski definition) is 8. The number of halogens is 1. The van der Waals surface area contributed by atoms with Crippen LogP contribution in [0.15, 0.2) is 51.1 Å². The third-order valence-electron chi connectivity index (χ3n) is 5.40. The van der Waals surface area contributed by atoms with Gasteiger partial charge >= 0.3 is 0 Å². The second-order valence-corrected chi connectivity index (χ2v) is 11.0. The van der Waals surface area contributed by atoms with Gasteiger partial charge in [0.2, 0.25) is 15.8 Å². The smallest absolute Gasteiger partial charge is 0.243 e. The molecule has 2 aromatic carbocycles. The van der Waals surface area contributed by atoms with Gasteiger partial charge in [0, 0.05) is 41.6 Å². The number of methoxy groups -OCH3 is 3. The normalized spacial score (nSPS) is 14.8. The third-order valence-corrected chi connectivity index (χ3v) is 8.68. The number of hydrogen-bond donors (Lipinski definition) is 0. The number of piperazine rings is 1. The molecule has 8 nitrogen and oxygen atoms in total. The molecule has 1 aromatic heterocycles. The molecule has 0 atom stereocenters. The van der Waals surface area contributed by atoms with E-state index in [1.807, 2.05) is 23.6 Å². The first-order chi connectivity index (χ1) is 15.9. The number of rotatable bonds is 7. The van der Waals surface area contributed by atoms with Crippen LogP contribution in [0.4, 0.5) is 5.13 Å². The van der Waals surface area contributed by atoms with Crippen LogP contribution in [0.1, 0.15) is 0 Å². The summed E-state index contributed by atoms with van der Waals surface area (Å²) in [4.78, 5) is 7.19. The number of thiazole rings is 1. The molecule has 1 aliphatic rings. The van der Waals surface area contributed by atoms with E-state index < -0.39 is 10.0 Å². The first kappa shape index (κ1) is 23.8. The molecule has 0 bridgehead atoms. The first-order valence-corrected chi connectivity index (χ1v) is 13.2. The number of anilines is 1. The molecule has 33 heavy (non-hydrogen) atoms. The van der Waals surface area contributed by atoms with E-state index in [0.29, 0.717) is 48.3 Å². The Morgan fingerprint density at radius 1 is 0.970 bits per heavy atom. The van der Waals surface area contributed by atoms with Crippen LogP contribution in [0.3, 0.4) is 0 Å². The van der Waals surface area contributed by atoms with Gasteiger partial charge in [-0.05, 0) is 30.3 Å². The van der Waals surface area contributed by atoms with E-state index in [2.05, 4.69) is 20.8 Å². The zero-order chi connectivity index (χ0) is 23.6. The Hall–Kier alpha value is -2.34. The van der Waals surface area contributed by atoms with Gasteiger partial charge in [0.15, 0.2) is 16.6 Å². The Morgan fingerprint density at radius 2 is 1.64 bits per heavy atom. The van der Waals surface area contributed by atoms with E-state index in [-0.39, 0.29) is 0 Å². The maximum atomic E-state index is 13.0. The van der Waals surface area contributed by atoms with Crippen LogP contribution in [0, 0.1) is 0 Å². The maximum absolute atomic E-state index is 13.0. The van der Waals surface area contributed by atoms with Crippen molar-refractivity contribution in [2.75, 3.05) is 52.4 Å². The van der Waals surface area contributed by atoms with Crippen LogP contribution in [0.5, 0.6) is 17.2 Å². The quantitative estimate of drug-likeness (QED) is 0.435. The zero-order valence-corrected chi connectivity index (χ0v) is 21.7. The monoisotopic (exact) mass is 553 g/mol. The molecule has 11 heteroatoms. The minimum absolute atomic E-state index is 0.296. The van der Waals surface area contributed by atoms with Crippen LogP contribution in [-0.2, 0) is 10.0 Å². The van der Waals surface area contributed by atoms with Gasteiger partial charge in [0.1, 0.15) is 0 Å². The standard InChI is InChI=1S/C22H24BrN3O5S2/c1-29-19-11-15(12-20(30-2)21(19)31-3)18-14-32-22(24-18)25-7-9-26(10-8-25)33(27,28)17-6-4-5-16(23)13-17/h4-6,11-14H,7-10H2,1-3H3. The summed E-state index contributed by atoms with van der Waals surface area (Å²) < 4.78 is 44.5. The fourth-order valence-corrected chi connectivity index (χ4v) is 6.58. The predicted molar refractivity (Wildman–Crippen MR) is 132 cm³/mol. The van der Waals surface area contributed by atoms with Crippen LogP contribution >= 0.6 is 27.3 Å². The topological polar surface area (TPSA) is 81.2 Å². The fraction of sp³-hybridized carbons (Fsp3) is 0.318. The molecule has 1 aliphatic heterocycles. The minimum atomic E-state index is -3.53. The molecule has 3 aromatic rings. The summed E-state index contributed by atoms with van der Waals surface area (Å²) >= 11 is 4.87. The molecule has 2 heterocycles. The van der Waals surface area contributed by atoms with E-state index in [0.717, 1.165) is 20.9 Å². The van der Waals surface area contributed by atoms with E-state index >= 15 is 0 Å². The molecule has 176 valence electrons. The molecular weight excluding hydrogens is 530 g/mol. The van der Waals surface area contributed by atoms with Crippen molar-refractivity contribution in [2.45, 2.75) is 4.90 Å². The minimum Gasteiger partial charge on any atom is -0.493 e. The Balaban J connectivity index is 1.50. The molecule has 0 amide bonds. The highest BCUT2D eigenvalue weighted by Crippen LogP contribution is 2.42. The highest BCUT2D eigenvalue weighted by Gasteiger charge is 2.29. The Bertz CT molecular complexity index is 1220. The summed E-state index contributed by atoms with van der Waals surface area (Å²) in [5, 5.41) is 2.82. The molecule has 1 fully saturated rings. The summed E-state index contributed by atoms with van der Waals surface area (Å²) in [5.41, 5.74) is 1.64. The molecule has 0 unspecified atom stereocenters. The van der Waals surface area contributed by atoms with Crippen molar-refractivity contribution in [3.63, 3.8) is 0 Å². The first-order valence-electron chi connectivity index (χ1n) is 10.1. The predicted octanol–water partition coefficient (Wildman–Crippen LogP) is 4.11. The van der Waals surface area contributed by atoms with Gasteiger partial charge in [-0.25, -0.2) is 13.4 Å². The van der Waals surface area contributed by atoms with Crippen molar-refractivity contribution >= 4 is 42.4 Å².